The molecule has 4 heterocycles. The van der Waals surface area contributed by atoms with Crippen LogP contribution in [0.3, 0.4) is 0 Å². The van der Waals surface area contributed by atoms with Gasteiger partial charge in [-0.3, -0.25) is 4.40 Å². The van der Waals surface area contributed by atoms with E-state index < -0.39 is 0 Å². The van der Waals surface area contributed by atoms with Gasteiger partial charge in [0.15, 0.2) is 5.82 Å². The average Bonchev–Trinajstić information content (AvgIpc) is 3.16. The lowest BCUT2D eigenvalue weighted by atomic mass is 10.3. The summed E-state index contributed by atoms with van der Waals surface area (Å²) in [6, 6.07) is 2.09. The summed E-state index contributed by atoms with van der Waals surface area (Å²) in [6.07, 6.45) is 3.66. The lowest BCUT2D eigenvalue weighted by Crippen LogP contribution is -2.44. The molecular formula is C13H13BrN6S. The Labute approximate surface area is 134 Å². The SMILES string of the molecule is Brc1csc(-c2cnc(N3CCNCC3)c3nncn23)c1. The maximum atomic E-state index is 4.65. The van der Waals surface area contributed by atoms with Crippen LogP contribution in [-0.4, -0.2) is 45.8 Å². The molecule has 6 nitrogen and oxygen atoms in total. The van der Waals surface area contributed by atoms with Crippen LogP contribution in [0.15, 0.2) is 28.4 Å². The summed E-state index contributed by atoms with van der Waals surface area (Å²) >= 11 is 5.17. The second-order valence-electron chi connectivity index (χ2n) is 4.86. The maximum Gasteiger partial charge on any atom is 0.204 e. The highest BCUT2D eigenvalue weighted by Gasteiger charge is 2.18. The van der Waals surface area contributed by atoms with Gasteiger partial charge in [0.2, 0.25) is 5.65 Å². The molecule has 1 saturated heterocycles. The predicted molar refractivity (Wildman–Crippen MR) is 86.9 cm³/mol. The predicted octanol–water partition coefficient (Wildman–Crippen LogP) is 2.02. The molecule has 1 aliphatic heterocycles. The van der Waals surface area contributed by atoms with E-state index in [0.717, 1.165) is 52.7 Å². The number of piperazine rings is 1. The van der Waals surface area contributed by atoms with Crippen LogP contribution in [0.1, 0.15) is 0 Å². The molecule has 3 aromatic rings. The molecule has 4 rings (SSSR count). The first-order chi connectivity index (χ1) is 10.3. The molecule has 0 unspecified atom stereocenters. The molecule has 8 heteroatoms. The molecular weight excluding hydrogens is 352 g/mol. The van der Waals surface area contributed by atoms with Gasteiger partial charge in [0.1, 0.15) is 6.33 Å². The van der Waals surface area contributed by atoms with Gasteiger partial charge < -0.3 is 10.2 Å². The first-order valence-electron chi connectivity index (χ1n) is 6.72. The van der Waals surface area contributed by atoms with Crippen molar-refractivity contribution in [1.29, 1.82) is 0 Å². The summed E-state index contributed by atoms with van der Waals surface area (Å²) in [4.78, 5) is 8.06. The van der Waals surface area contributed by atoms with Crippen LogP contribution in [0.25, 0.3) is 16.2 Å². The zero-order chi connectivity index (χ0) is 14.2. The molecule has 0 spiro atoms. The molecule has 108 valence electrons. The number of rotatable bonds is 2. The fourth-order valence-corrected chi connectivity index (χ4v) is 3.97. The van der Waals surface area contributed by atoms with E-state index in [0.29, 0.717) is 0 Å². The maximum absolute atomic E-state index is 4.65. The summed E-state index contributed by atoms with van der Waals surface area (Å²) in [5.74, 6) is 0.911. The van der Waals surface area contributed by atoms with Crippen LogP contribution >= 0.6 is 27.3 Å². The van der Waals surface area contributed by atoms with E-state index in [-0.39, 0.29) is 0 Å². The van der Waals surface area contributed by atoms with Crippen molar-refractivity contribution in [2.24, 2.45) is 0 Å². The Balaban J connectivity index is 1.83. The zero-order valence-electron chi connectivity index (χ0n) is 11.2. The second-order valence-corrected chi connectivity index (χ2v) is 6.68. The van der Waals surface area contributed by atoms with Gasteiger partial charge in [-0.05, 0) is 22.0 Å². The third kappa shape index (κ3) is 2.33. The first kappa shape index (κ1) is 13.2. The van der Waals surface area contributed by atoms with Gasteiger partial charge in [-0.25, -0.2) is 4.98 Å². The lowest BCUT2D eigenvalue weighted by molar-refractivity contribution is 0.585. The Morgan fingerprint density at radius 1 is 1.29 bits per heavy atom. The number of hydrogen-bond acceptors (Lipinski definition) is 6. The minimum atomic E-state index is 0.818. The number of aromatic nitrogens is 4. The van der Waals surface area contributed by atoms with Crippen LogP contribution in [0.4, 0.5) is 5.82 Å². The summed E-state index contributed by atoms with van der Waals surface area (Å²) in [6.45, 7) is 3.84. The quantitative estimate of drug-likeness (QED) is 0.753. The fourth-order valence-electron chi connectivity index (χ4n) is 2.54. The topological polar surface area (TPSA) is 58.4 Å². The van der Waals surface area contributed by atoms with E-state index in [4.69, 9.17) is 0 Å². The lowest BCUT2D eigenvalue weighted by Gasteiger charge is -2.28. The van der Waals surface area contributed by atoms with Gasteiger partial charge in [0, 0.05) is 36.0 Å². The standard InChI is InChI=1S/C13H13BrN6S/c14-9-5-11(21-7-9)10-6-16-12(13-18-17-8-20(10)13)19-3-1-15-2-4-19/h5-8,15H,1-4H2. The summed E-state index contributed by atoms with van der Waals surface area (Å²) in [7, 11) is 0. The molecule has 1 N–H and O–H groups in total. The number of nitrogens with one attached hydrogen (secondary N) is 1. The van der Waals surface area contributed by atoms with Crippen LogP contribution in [0.2, 0.25) is 0 Å². The molecule has 0 bridgehead atoms. The Morgan fingerprint density at radius 3 is 2.90 bits per heavy atom. The van der Waals surface area contributed by atoms with Gasteiger partial charge in [-0.1, -0.05) is 0 Å². The van der Waals surface area contributed by atoms with Gasteiger partial charge in [0.25, 0.3) is 0 Å². The number of anilines is 1. The Morgan fingerprint density at radius 2 is 2.14 bits per heavy atom. The largest absolute Gasteiger partial charge is 0.351 e. The minimum absolute atomic E-state index is 0.818. The van der Waals surface area contributed by atoms with Crippen molar-refractivity contribution >= 4 is 38.7 Å². The van der Waals surface area contributed by atoms with Crippen LogP contribution in [0.5, 0.6) is 0 Å². The second kappa shape index (κ2) is 5.36. The van der Waals surface area contributed by atoms with E-state index in [2.05, 4.69) is 52.8 Å². The molecule has 3 aromatic heterocycles. The van der Waals surface area contributed by atoms with E-state index in [1.807, 2.05) is 10.6 Å². The molecule has 0 radical (unpaired) electrons. The molecule has 0 amide bonds. The number of hydrogen-bond donors (Lipinski definition) is 1. The summed E-state index contributed by atoms with van der Waals surface area (Å²) in [5.41, 5.74) is 1.84. The average molecular weight is 365 g/mol. The van der Waals surface area contributed by atoms with E-state index in [1.165, 1.54) is 0 Å². The van der Waals surface area contributed by atoms with Gasteiger partial charge >= 0.3 is 0 Å². The molecule has 0 saturated carbocycles. The number of thiophene rings is 1. The van der Waals surface area contributed by atoms with Gasteiger partial charge in [0.05, 0.1) is 16.8 Å². The van der Waals surface area contributed by atoms with Gasteiger partial charge in [-0.2, -0.15) is 0 Å². The molecule has 1 aliphatic rings. The van der Waals surface area contributed by atoms with Crippen molar-refractivity contribution in [3.63, 3.8) is 0 Å². The molecule has 1 fully saturated rings. The van der Waals surface area contributed by atoms with Crippen molar-refractivity contribution in [3.8, 4) is 10.6 Å². The van der Waals surface area contributed by atoms with Crippen molar-refractivity contribution in [2.45, 2.75) is 0 Å². The number of halogens is 1. The number of nitrogens with zero attached hydrogens (tertiary/aromatic N) is 5. The molecule has 0 atom stereocenters. The van der Waals surface area contributed by atoms with E-state index in [9.17, 15) is 0 Å². The molecule has 0 aliphatic carbocycles. The Hall–Kier alpha value is -1.51. The first-order valence-corrected chi connectivity index (χ1v) is 8.39. The number of fused-ring (bicyclic) bond motifs is 1. The Kier molecular flexibility index (Phi) is 3.36. The normalized spacial score (nSPS) is 15.8. The van der Waals surface area contributed by atoms with Crippen molar-refractivity contribution in [1.82, 2.24) is 24.9 Å². The highest BCUT2D eigenvalue weighted by molar-refractivity contribution is 9.10. The third-order valence-electron chi connectivity index (χ3n) is 3.55. The third-order valence-corrected chi connectivity index (χ3v) is 5.27. The van der Waals surface area contributed by atoms with E-state index in [1.54, 1.807) is 17.7 Å². The van der Waals surface area contributed by atoms with Gasteiger partial charge in [-0.15, -0.1) is 21.5 Å². The van der Waals surface area contributed by atoms with Crippen molar-refractivity contribution < 1.29 is 0 Å². The highest BCUT2D eigenvalue weighted by Crippen LogP contribution is 2.31. The molecule has 21 heavy (non-hydrogen) atoms. The minimum Gasteiger partial charge on any atom is -0.351 e. The highest BCUT2D eigenvalue weighted by atomic mass is 79.9. The summed E-state index contributed by atoms with van der Waals surface area (Å²) < 4.78 is 3.10. The van der Waals surface area contributed by atoms with Crippen molar-refractivity contribution in [3.05, 3.63) is 28.4 Å². The summed E-state index contributed by atoms with van der Waals surface area (Å²) in [5, 5.41) is 13.8. The van der Waals surface area contributed by atoms with E-state index >= 15 is 0 Å². The van der Waals surface area contributed by atoms with Crippen LogP contribution in [-0.2, 0) is 0 Å². The monoisotopic (exact) mass is 364 g/mol. The smallest absolute Gasteiger partial charge is 0.204 e. The fraction of sp³-hybridized carbons (Fsp3) is 0.308. The Bertz CT molecular complexity index is 776. The van der Waals surface area contributed by atoms with Crippen molar-refractivity contribution in [2.75, 3.05) is 31.1 Å². The van der Waals surface area contributed by atoms with Crippen LogP contribution < -0.4 is 10.2 Å². The van der Waals surface area contributed by atoms with Crippen LogP contribution in [0, 0.1) is 0 Å². The zero-order valence-corrected chi connectivity index (χ0v) is 13.6. The molecule has 0 aromatic carbocycles.